The molecule has 1 saturated heterocycles. The molecular formula is C12H14FN5O5. The Labute approximate surface area is 127 Å². The first kappa shape index (κ1) is 15.5. The minimum absolute atomic E-state index is 0.0602. The second-order valence-corrected chi connectivity index (χ2v) is 5.23. The summed E-state index contributed by atoms with van der Waals surface area (Å²) in [6.07, 6.45) is -3.75. The molecule has 11 heteroatoms. The maximum Gasteiger partial charge on any atom is 0.280 e. The number of aromatic amines is 1. The van der Waals surface area contributed by atoms with E-state index in [0.29, 0.717) is 6.29 Å². The quantitative estimate of drug-likeness (QED) is 0.482. The van der Waals surface area contributed by atoms with Crippen LogP contribution in [0.5, 0.6) is 0 Å². The van der Waals surface area contributed by atoms with Gasteiger partial charge < -0.3 is 25.5 Å². The van der Waals surface area contributed by atoms with Crippen molar-refractivity contribution in [3.8, 4) is 0 Å². The van der Waals surface area contributed by atoms with Crippen molar-refractivity contribution < 1.29 is 24.1 Å². The van der Waals surface area contributed by atoms with Crippen molar-refractivity contribution in [2.75, 3.05) is 12.3 Å². The van der Waals surface area contributed by atoms with Crippen LogP contribution in [0.4, 0.5) is 10.3 Å². The fraction of sp³-hybridized carbons (Fsp3) is 0.500. The first-order chi connectivity index (χ1) is 10.9. The number of imidazole rings is 1. The number of carbonyl (C=O) groups excluding carboxylic acids is 1. The Bertz CT molecular complexity index is 807. The van der Waals surface area contributed by atoms with Crippen LogP contribution in [0.2, 0.25) is 0 Å². The van der Waals surface area contributed by atoms with Gasteiger partial charge in [-0.3, -0.25) is 14.3 Å². The van der Waals surface area contributed by atoms with Gasteiger partial charge in [0, 0.05) is 6.42 Å². The normalized spacial score (nSPS) is 30.8. The summed E-state index contributed by atoms with van der Waals surface area (Å²) in [5.74, 6) is -0.207. The number of aliphatic hydroxyl groups is 2. The van der Waals surface area contributed by atoms with Gasteiger partial charge in [-0.1, -0.05) is 0 Å². The van der Waals surface area contributed by atoms with Crippen LogP contribution >= 0.6 is 0 Å². The monoisotopic (exact) mass is 327 g/mol. The van der Waals surface area contributed by atoms with Crippen molar-refractivity contribution in [1.82, 2.24) is 19.5 Å². The number of nitrogen functional groups attached to an aromatic ring is 1. The molecule has 1 aliphatic heterocycles. The number of rotatable bonds is 4. The number of fused-ring (bicyclic) bond motifs is 1. The fourth-order valence-corrected chi connectivity index (χ4v) is 2.71. The number of alkyl halides is 1. The number of aldehydes is 1. The Hall–Kier alpha value is -2.37. The second-order valence-electron chi connectivity index (χ2n) is 5.23. The maximum absolute atomic E-state index is 15.2. The number of ether oxygens (including phenoxy) is 1. The lowest BCUT2D eigenvalue weighted by atomic mass is 9.93. The van der Waals surface area contributed by atoms with Crippen molar-refractivity contribution in [3.05, 3.63) is 16.7 Å². The highest BCUT2D eigenvalue weighted by Gasteiger charge is 2.58. The molecule has 2 aromatic rings. The zero-order valence-electron chi connectivity index (χ0n) is 11.7. The Kier molecular flexibility index (Phi) is 3.62. The molecule has 3 heterocycles. The van der Waals surface area contributed by atoms with Gasteiger partial charge in [-0.15, -0.1) is 0 Å². The molecule has 5 N–H and O–H groups in total. The largest absolute Gasteiger partial charge is 0.394 e. The van der Waals surface area contributed by atoms with Crippen molar-refractivity contribution in [3.63, 3.8) is 0 Å². The zero-order valence-corrected chi connectivity index (χ0v) is 11.7. The van der Waals surface area contributed by atoms with E-state index in [1.165, 1.54) is 0 Å². The molecule has 0 unspecified atom stereocenters. The number of carbonyl (C=O) groups is 1. The average molecular weight is 327 g/mol. The summed E-state index contributed by atoms with van der Waals surface area (Å²) < 4.78 is 21.6. The van der Waals surface area contributed by atoms with Crippen LogP contribution in [-0.4, -0.2) is 60.5 Å². The third-order valence-electron chi connectivity index (χ3n) is 3.84. The van der Waals surface area contributed by atoms with Gasteiger partial charge in [0.1, 0.15) is 18.5 Å². The molecular weight excluding hydrogens is 313 g/mol. The van der Waals surface area contributed by atoms with Crippen LogP contribution in [0.15, 0.2) is 11.1 Å². The zero-order chi connectivity index (χ0) is 16.8. The highest BCUT2D eigenvalue weighted by molar-refractivity contribution is 5.70. The van der Waals surface area contributed by atoms with Crippen LogP contribution in [0, 0.1) is 0 Å². The number of anilines is 1. The molecule has 124 valence electrons. The number of hydrogen-bond acceptors (Lipinski definition) is 8. The molecule has 1 aliphatic rings. The molecule has 4 atom stereocenters. The Morgan fingerprint density at radius 2 is 2.35 bits per heavy atom. The van der Waals surface area contributed by atoms with Crippen LogP contribution in [0.3, 0.4) is 0 Å². The van der Waals surface area contributed by atoms with Gasteiger partial charge in [-0.25, -0.2) is 9.37 Å². The minimum Gasteiger partial charge on any atom is -0.394 e. The van der Waals surface area contributed by atoms with E-state index in [1.54, 1.807) is 0 Å². The van der Waals surface area contributed by atoms with Crippen molar-refractivity contribution in [2.24, 2.45) is 0 Å². The van der Waals surface area contributed by atoms with Crippen LogP contribution in [0.1, 0.15) is 12.6 Å². The summed E-state index contributed by atoms with van der Waals surface area (Å²) in [4.78, 5) is 32.5. The minimum atomic E-state index is -2.51. The number of nitrogens with one attached hydrogen (secondary N) is 1. The molecule has 10 nitrogen and oxygen atoms in total. The van der Waals surface area contributed by atoms with E-state index in [9.17, 15) is 19.8 Å². The maximum atomic E-state index is 15.2. The lowest BCUT2D eigenvalue weighted by molar-refractivity contribution is -0.116. The number of hydrogen-bond donors (Lipinski definition) is 4. The Morgan fingerprint density at radius 1 is 1.61 bits per heavy atom. The predicted octanol–water partition coefficient (Wildman–Crippen LogP) is -1.75. The van der Waals surface area contributed by atoms with Gasteiger partial charge in [-0.05, 0) is 0 Å². The number of aromatic nitrogens is 4. The van der Waals surface area contributed by atoms with Gasteiger partial charge in [0.15, 0.2) is 23.1 Å². The summed E-state index contributed by atoms with van der Waals surface area (Å²) in [6, 6.07) is 0. The topological polar surface area (TPSA) is 156 Å². The summed E-state index contributed by atoms with van der Waals surface area (Å²) in [7, 11) is 0. The molecule has 0 aromatic carbocycles. The highest BCUT2D eigenvalue weighted by atomic mass is 19.1. The Balaban J connectivity index is 2.16. The molecule has 0 aliphatic carbocycles. The van der Waals surface area contributed by atoms with Gasteiger partial charge in [0.25, 0.3) is 5.56 Å². The van der Waals surface area contributed by atoms with E-state index in [4.69, 9.17) is 10.5 Å². The molecule has 3 rings (SSSR count). The SMILES string of the molecule is Nc1nc2c(ncn2[C@@H]2O[C@H](CO)[C@@H](O)[C@]2(F)CC=O)c(=O)[nH]1. The number of aliphatic hydroxyl groups excluding tert-OH is 2. The number of nitrogens with zero attached hydrogens (tertiary/aromatic N) is 3. The molecule has 0 radical (unpaired) electrons. The molecule has 0 saturated carbocycles. The van der Waals surface area contributed by atoms with Crippen molar-refractivity contribution in [2.45, 2.75) is 30.5 Å². The van der Waals surface area contributed by atoms with E-state index in [2.05, 4.69) is 15.0 Å². The van der Waals surface area contributed by atoms with Crippen molar-refractivity contribution in [1.29, 1.82) is 0 Å². The van der Waals surface area contributed by atoms with Crippen LogP contribution < -0.4 is 11.3 Å². The third kappa shape index (κ3) is 2.20. The standard InChI is InChI=1S/C12H14FN5O5/c13-12(1-2-19)7(21)5(3-20)23-10(12)18-4-15-6-8(18)16-11(14)17-9(6)22/h2,4-5,7,10,20-21H,1,3H2,(H3,14,16,17,22)/t5-,7-,10-,12-/m1/s1. The molecule has 0 bridgehead atoms. The lowest BCUT2D eigenvalue weighted by Gasteiger charge is -2.27. The molecule has 0 amide bonds. The van der Waals surface area contributed by atoms with Crippen LogP contribution in [0.25, 0.3) is 11.2 Å². The summed E-state index contributed by atoms with van der Waals surface area (Å²) in [5.41, 5.74) is 2.18. The van der Waals surface area contributed by atoms with E-state index >= 15 is 4.39 Å². The molecule has 0 spiro atoms. The van der Waals surface area contributed by atoms with Crippen molar-refractivity contribution >= 4 is 23.4 Å². The Morgan fingerprint density at radius 3 is 3.00 bits per heavy atom. The van der Waals surface area contributed by atoms with Gasteiger partial charge >= 0.3 is 0 Å². The smallest absolute Gasteiger partial charge is 0.280 e. The average Bonchev–Trinajstić information content (AvgIpc) is 3.01. The number of nitrogens with two attached hydrogens (primary N) is 1. The fourth-order valence-electron chi connectivity index (χ4n) is 2.71. The van der Waals surface area contributed by atoms with E-state index in [-0.39, 0.29) is 17.1 Å². The van der Waals surface area contributed by atoms with Gasteiger partial charge in [-0.2, -0.15) is 4.98 Å². The van der Waals surface area contributed by atoms with E-state index in [0.717, 1.165) is 10.9 Å². The number of H-pyrrole nitrogens is 1. The first-order valence-electron chi connectivity index (χ1n) is 6.71. The summed E-state index contributed by atoms with van der Waals surface area (Å²) in [6.45, 7) is -0.648. The number of halogens is 1. The molecule has 1 fully saturated rings. The van der Waals surface area contributed by atoms with E-state index < -0.39 is 42.7 Å². The van der Waals surface area contributed by atoms with Gasteiger partial charge in [0.2, 0.25) is 5.95 Å². The van der Waals surface area contributed by atoms with E-state index in [1.807, 2.05) is 0 Å². The van der Waals surface area contributed by atoms with Crippen LogP contribution in [-0.2, 0) is 9.53 Å². The highest BCUT2D eigenvalue weighted by Crippen LogP contribution is 2.44. The van der Waals surface area contributed by atoms with Gasteiger partial charge in [0.05, 0.1) is 12.9 Å². The molecule has 23 heavy (non-hydrogen) atoms. The summed E-state index contributed by atoms with van der Waals surface area (Å²) >= 11 is 0. The first-order valence-corrected chi connectivity index (χ1v) is 6.71. The predicted molar refractivity (Wildman–Crippen MR) is 74.1 cm³/mol. The third-order valence-corrected chi connectivity index (χ3v) is 3.84. The summed E-state index contributed by atoms with van der Waals surface area (Å²) in [5, 5.41) is 19.2. The lowest BCUT2D eigenvalue weighted by Crippen LogP contribution is -2.43. The second kappa shape index (κ2) is 5.37. The molecule has 2 aromatic heterocycles.